The third-order valence-electron chi connectivity index (χ3n) is 2.96. The molecule has 0 radical (unpaired) electrons. The van der Waals surface area contributed by atoms with Gasteiger partial charge in [0, 0.05) is 4.90 Å². The summed E-state index contributed by atoms with van der Waals surface area (Å²) in [6, 6.07) is 12.7. The Kier molecular flexibility index (Phi) is 3.69. The first kappa shape index (κ1) is 10.6. The Bertz CT molecular complexity index is 335. The normalized spacial score (nSPS) is 18.6. The van der Waals surface area contributed by atoms with E-state index in [0.717, 1.165) is 0 Å². The quantitative estimate of drug-likeness (QED) is 0.718. The largest absolute Gasteiger partial charge is 0.197 e. The molecule has 1 unspecified atom stereocenters. The molecule has 15 heavy (non-hydrogen) atoms. The van der Waals surface area contributed by atoms with E-state index >= 15 is 0 Å². The molecule has 1 atom stereocenters. The van der Waals surface area contributed by atoms with Crippen LogP contribution in [0.15, 0.2) is 35.2 Å². The van der Waals surface area contributed by atoms with Crippen molar-refractivity contribution in [2.24, 2.45) is 5.92 Å². The van der Waals surface area contributed by atoms with E-state index in [0.29, 0.717) is 5.92 Å². The number of hydrogen-bond acceptors (Lipinski definition) is 2. The lowest BCUT2D eigenvalue weighted by molar-refractivity contribution is 0.575. The molecule has 78 valence electrons. The van der Waals surface area contributed by atoms with Gasteiger partial charge in [-0.15, -0.1) is 11.8 Å². The molecule has 0 aliphatic heterocycles. The fourth-order valence-corrected chi connectivity index (χ4v) is 3.26. The molecule has 0 amide bonds. The molecule has 1 saturated carbocycles. The molecule has 0 spiro atoms. The highest BCUT2D eigenvalue weighted by molar-refractivity contribution is 8.00. The van der Waals surface area contributed by atoms with E-state index in [2.05, 4.69) is 18.2 Å². The Morgan fingerprint density at radius 3 is 2.47 bits per heavy atom. The first-order chi connectivity index (χ1) is 7.40. The predicted molar refractivity (Wildman–Crippen MR) is 63.7 cm³/mol. The number of hydrogen-bond donors (Lipinski definition) is 0. The molecule has 0 saturated heterocycles. The van der Waals surface area contributed by atoms with Crippen molar-refractivity contribution in [2.75, 3.05) is 0 Å². The average Bonchev–Trinajstić information content (AvgIpc) is 2.81. The topological polar surface area (TPSA) is 23.8 Å². The number of thioether (sulfide) groups is 1. The molecule has 0 heterocycles. The minimum Gasteiger partial charge on any atom is -0.197 e. The van der Waals surface area contributed by atoms with E-state index in [1.54, 1.807) is 11.8 Å². The van der Waals surface area contributed by atoms with Gasteiger partial charge < -0.3 is 0 Å². The highest BCUT2D eigenvalue weighted by Gasteiger charge is 2.25. The Hall–Kier alpha value is -0.940. The predicted octanol–water partition coefficient (Wildman–Crippen LogP) is 3.86. The van der Waals surface area contributed by atoms with Gasteiger partial charge in [-0.25, -0.2) is 0 Å². The zero-order valence-corrected chi connectivity index (χ0v) is 9.54. The van der Waals surface area contributed by atoms with Crippen molar-refractivity contribution in [3.05, 3.63) is 30.3 Å². The van der Waals surface area contributed by atoms with Crippen LogP contribution in [0.1, 0.15) is 25.7 Å². The SMILES string of the molecule is N#CC(Sc1ccccc1)C1CCCC1. The number of nitriles is 1. The number of benzene rings is 1. The zero-order chi connectivity index (χ0) is 10.5. The zero-order valence-electron chi connectivity index (χ0n) is 8.73. The number of nitrogens with zero attached hydrogens (tertiary/aromatic N) is 1. The summed E-state index contributed by atoms with van der Waals surface area (Å²) in [6.07, 6.45) is 5.08. The lowest BCUT2D eigenvalue weighted by Crippen LogP contribution is -2.11. The molecule has 1 aliphatic rings. The maximum Gasteiger partial charge on any atom is 0.0991 e. The molecule has 1 aromatic carbocycles. The second-order valence-corrected chi connectivity index (χ2v) is 5.24. The standard InChI is InChI=1S/C13H15NS/c14-10-13(11-6-4-5-7-11)15-12-8-2-1-3-9-12/h1-3,8-9,11,13H,4-7H2. The van der Waals surface area contributed by atoms with E-state index in [1.807, 2.05) is 18.2 Å². The summed E-state index contributed by atoms with van der Waals surface area (Å²) in [7, 11) is 0. The van der Waals surface area contributed by atoms with Gasteiger partial charge in [-0.2, -0.15) is 5.26 Å². The highest BCUT2D eigenvalue weighted by atomic mass is 32.2. The fourth-order valence-electron chi connectivity index (χ4n) is 2.13. The summed E-state index contributed by atoms with van der Waals surface area (Å²) in [5.74, 6) is 0.611. The second-order valence-electron chi connectivity index (χ2n) is 4.03. The molecule has 2 heteroatoms. The minimum atomic E-state index is 0.148. The maximum atomic E-state index is 9.18. The van der Waals surface area contributed by atoms with Crippen molar-refractivity contribution < 1.29 is 0 Å². The van der Waals surface area contributed by atoms with Crippen LogP contribution in [0.5, 0.6) is 0 Å². The van der Waals surface area contributed by atoms with Crippen LogP contribution in [0.3, 0.4) is 0 Å². The van der Waals surface area contributed by atoms with Crippen LogP contribution in [0.2, 0.25) is 0 Å². The van der Waals surface area contributed by atoms with Crippen LogP contribution in [0, 0.1) is 17.2 Å². The molecule has 1 fully saturated rings. The van der Waals surface area contributed by atoms with Gasteiger partial charge in [0.15, 0.2) is 0 Å². The van der Waals surface area contributed by atoms with Crippen molar-refractivity contribution in [1.29, 1.82) is 5.26 Å². The maximum absolute atomic E-state index is 9.18. The van der Waals surface area contributed by atoms with Gasteiger partial charge in [0.2, 0.25) is 0 Å². The number of rotatable bonds is 3. The van der Waals surface area contributed by atoms with Gasteiger partial charge in [-0.1, -0.05) is 31.0 Å². The van der Waals surface area contributed by atoms with Crippen molar-refractivity contribution in [3.63, 3.8) is 0 Å². The molecule has 1 aromatic rings. The molecule has 0 aromatic heterocycles. The van der Waals surface area contributed by atoms with Crippen molar-refractivity contribution in [1.82, 2.24) is 0 Å². The summed E-state index contributed by atoms with van der Waals surface area (Å²) in [4.78, 5) is 1.22. The lowest BCUT2D eigenvalue weighted by Gasteiger charge is -2.15. The van der Waals surface area contributed by atoms with Crippen LogP contribution in [-0.2, 0) is 0 Å². The molecule has 2 rings (SSSR count). The van der Waals surface area contributed by atoms with E-state index in [1.165, 1.54) is 30.6 Å². The fraction of sp³-hybridized carbons (Fsp3) is 0.462. The summed E-state index contributed by atoms with van der Waals surface area (Å²) < 4.78 is 0. The monoisotopic (exact) mass is 217 g/mol. The van der Waals surface area contributed by atoms with Crippen molar-refractivity contribution >= 4 is 11.8 Å². The van der Waals surface area contributed by atoms with Gasteiger partial charge in [0.1, 0.15) is 0 Å². The first-order valence-electron chi connectivity index (χ1n) is 5.51. The van der Waals surface area contributed by atoms with Crippen LogP contribution in [-0.4, -0.2) is 5.25 Å². The van der Waals surface area contributed by atoms with Crippen molar-refractivity contribution in [2.45, 2.75) is 35.8 Å². The molecular weight excluding hydrogens is 202 g/mol. The van der Waals surface area contributed by atoms with E-state index < -0.39 is 0 Å². The summed E-state index contributed by atoms with van der Waals surface area (Å²) in [6.45, 7) is 0. The van der Waals surface area contributed by atoms with E-state index in [4.69, 9.17) is 0 Å². The van der Waals surface area contributed by atoms with E-state index in [-0.39, 0.29) is 5.25 Å². The third-order valence-corrected chi connectivity index (χ3v) is 4.25. The van der Waals surface area contributed by atoms with Gasteiger partial charge in [0.25, 0.3) is 0 Å². The summed E-state index contributed by atoms with van der Waals surface area (Å²) in [5, 5.41) is 9.32. The highest BCUT2D eigenvalue weighted by Crippen LogP contribution is 2.36. The van der Waals surface area contributed by atoms with Gasteiger partial charge in [-0.3, -0.25) is 0 Å². The average molecular weight is 217 g/mol. The second kappa shape index (κ2) is 5.23. The van der Waals surface area contributed by atoms with Crippen LogP contribution >= 0.6 is 11.8 Å². The molecule has 0 bridgehead atoms. The molecule has 1 nitrogen and oxygen atoms in total. The van der Waals surface area contributed by atoms with Gasteiger partial charge in [-0.05, 0) is 30.9 Å². The van der Waals surface area contributed by atoms with Crippen LogP contribution < -0.4 is 0 Å². The smallest absolute Gasteiger partial charge is 0.0991 e. The Morgan fingerprint density at radius 2 is 1.87 bits per heavy atom. The molecule has 0 N–H and O–H groups in total. The van der Waals surface area contributed by atoms with Crippen LogP contribution in [0.25, 0.3) is 0 Å². The lowest BCUT2D eigenvalue weighted by atomic mass is 10.1. The van der Waals surface area contributed by atoms with E-state index in [9.17, 15) is 5.26 Å². The summed E-state index contributed by atoms with van der Waals surface area (Å²) in [5.41, 5.74) is 0. The summed E-state index contributed by atoms with van der Waals surface area (Å²) >= 11 is 1.72. The van der Waals surface area contributed by atoms with Crippen molar-refractivity contribution in [3.8, 4) is 6.07 Å². The van der Waals surface area contributed by atoms with Gasteiger partial charge in [0.05, 0.1) is 11.3 Å². The third kappa shape index (κ3) is 2.76. The minimum absolute atomic E-state index is 0.148. The Balaban J connectivity index is 2.00. The first-order valence-corrected chi connectivity index (χ1v) is 6.39. The van der Waals surface area contributed by atoms with Gasteiger partial charge >= 0.3 is 0 Å². The molecule has 1 aliphatic carbocycles. The Labute approximate surface area is 95.5 Å². The molecular formula is C13H15NS. The van der Waals surface area contributed by atoms with Crippen LogP contribution in [0.4, 0.5) is 0 Å². The Morgan fingerprint density at radius 1 is 1.20 bits per heavy atom.